The Kier molecular flexibility index (Phi) is 6.18. The second-order valence-electron chi connectivity index (χ2n) is 8.14. The van der Waals surface area contributed by atoms with Gasteiger partial charge in [-0.2, -0.15) is 23.4 Å². The Hall–Kier alpha value is -4.93. The Labute approximate surface area is 207 Å². The van der Waals surface area contributed by atoms with Crippen LogP contribution in [-0.2, 0) is 12.6 Å². The van der Waals surface area contributed by atoms with E-state index in [1.165, 1.54) is 23.1 Å². The van der Waals surface area contributed by atoms with Crippen molar-refractivity contribution < 1.29 is 18.0 Å². The number of hydrogen-bond acceptors (Lipinski definition) is 4. The van der Waals surface area contributed by atoms with E-state index in [0.717, 1.165) is 18.2 Å². The molecule has 5 rings (SSSR count). The first-order chi connectivity index (χ1) is 17.8. The third kappa shape index (κ3) is 5.06. The molecule has 5 aromatic rings. The molecule has 0 spiro atoms. The van der Waals surface area contributed by atoms with E-state index in [4.69, 9.17) is 0 Å². The zero-order valence-electron chi connectivity index (χ0n) is 19.1. The van der Waals surface area contributed by atoms with E-state index in [9.17, 15) is 22.8 Å². The van der Waals surface area contributed by atoms with Gasteiger partial charge in [-0.1, -0.05) is 24.3 Å². The number of anilines is 1. The normalized spacial score (nSPS) is 11.4. The van der Waals surface area contributed by atoms with E-state index in [2.05, 4.69) is 25.6 Å². The molecule has 0 aliphatic heterocycles. The highest BCUT2D eigenvalue weighted by molar-refractivity contribution is 6.04. The molecule has 0 saturated heterocycles. The number of carbonyl (C=O) groups is 1. The van der Waals surface area contributed by atoms with Crippen LogP contribution in [0.15, 0.2) is 90.0 Å². The number of amides is 1. The Morgan fingerprint density at radius 1 is 0.973 bits per heavy atom. The van der Waals surface area contributed by atoms with Crippen molar-refractivity contribution in [1.29, 1.82) is 0 Å². The highest BCUT2D eigenvalue weighted by Gasteiger charge is 2.34. The molecule has 8 nitrogen and oxygen atoms in total. The standard InChI is InChI=1S/C26H19F3N6O2/c27-26(28,29)21-9-8-17(14-20(21)22-10-12-31-33-22)25(37)32-23-15-18(13-16-5-4-11-30-24(16)36)34-35(23)19-6-2-1-3-7-19/h1-12,14-15H,13H2,(H,30,36)(H,31,33)(H,32,37). The molecule has 0 aliphatic carbocycles. The fourth-order valence-electron chi connectivity index (χ4n) is 3.91. The average molecular weight is 504 g/mol. The number of aromatic nitrogens is 5. The van der Waals surface area contributed by atoms with Crippen LogP contribution in [0.3, 0.4) is 0 Å². The number of rotatable bonds is 6. The van der Waals surface area contributed by atoms with Crippen molar-refractivity contribution >= 4 is 11.7 Å². The first kappa shape index (κ1) is 23.8. The molecule has 2 aromatic carbocycles. The molecule has 3 aromatic heterocycles. The molecule has 0 radical (unpaired) electrons. The second kappa shape index (κ2) is 9.61. The lowest BCUT2D eigenvalue weighted by atomic mass is 10.0. The Morgan fingerprint density at radius 3 is 2.49 bits per heavy atom. The number of halogens is 3. The van der Waals surface area contributed by atoms with Crippen molar-refractivity contribution in [3.8, 4) is 16.9 Å². The smallest absolute Gasteiger partial charge is 0.329 e. The fraction of sp³-hybridized carbons (Fsp3) is 0.0769. The topological polar surface area (TPSA) is 108 Å². The van der Waals surface area contributed by atoms with Crippen LogP contribution >= 0.6 is 0 Å². The molecule has 0 atom stereocenters. The summed E-state index contributed by atoms with van der Waals surface area (Å²) in [6.45, 7) is 0. The quantitative estimate of drug-likeness (QED) is 0.308. The zero-order valence-corrected chi connectivity index (χ0v) is 19.1. The van der Waals surface area contributed by atoms with Gasteiger partial charge < -0.3 is 10.3 Å². The number of hydrogen-bond donors (Lipinski definition) is 3. The molecule has 37 heavy (non-hydrogen) atoms. The number of aromatic amines is 2. The highest BCUT2D eigenvalue weighted by atomic mass is 19.4. The Bertz CT molecular complexity index is 1610. The predicted molar refractivity (Wildman–Crippen MR) is 130 cm³/mol. The van der Waals surface area contributed by atoms with Crippen molar-refractivity contribution in [3.63, 3.8) is 0 Å². The van der Waals surface area contributed by atoms with Gasteiger partial charge in [0.2, 0.25) is 0 Å². The third-order valence-corrected chi connectivity index (χ3v) is 5.64. The van der Waals surface area contributed by atoms with Gasteiger partial charge in [0.15, 0.2) is 0 Å². The number of carbonyl (C=O) groups excluding carboxylic acids is 1. The van der Waals surface area contributed by atoms with E-state index in [-0.39, 0.29) is 28.8 Å². The van der Waals surface area contributed by atoms with E-state index in [1.807, 2.05) is 6.07 Å². The molecule has 3 N–H and O–H groups in total. The third-order valence-electron chi connectivity index (χ3n) is 5.64. The van der Waals surface area contributed by atoms with E-state index >= 15 is 0 Å². The summed E-state index contributed by atoms with van der Waals surface area (Å²) in [5, 5.41) is 13.6. The molecule has 0 bridgehead atoms. The molecule has 186 valence electrons. The largest absolute Gasteiger partial charge is 0.417 e. The summed E-state index contributed by atoms with van der Waals surface area (Å²) in [5.74, 6) is -0.341. The van der Waals surface area contributed by atoms with Crippen LogP contribution in [0.2, 0.25) is 0 Å². The molecular weight excluding hydrogens is 485 g/mol. The van der Waals surface area contributed by atoms with Gasteiger partial charge in [0.1, 0.15) is 5.82 Å². The number of nitrogens with zero attached hydrogens (tertiary/aromatic N) is 3. The Balaban J connectivity index is 1.51. The lowest BCUT2D eigenvalue weighted by Gasteiger charge is -2.13. The molecule has 1 amide bonds. The van der Waals surface area contributed by atoms with E-state index < -0.39 is 17.6 Å². The minimum atomic E-state index is -4.63. The molecule has 0 unspecified atom stereocenters. The maximum absolute atomic E-state index is 13.6. The van der Waals surface area contributed by atoms with Crippen molar-refractivity contribution in [2.24, 2.45) is 0 Å². The van der Waals surface area contributed by atoms with Crippen molar-refractivity contribution in [2.75, 3.05) is 5.32 Å². The average Bonchev–Trinajstić information content (AvgIpc) is 3.56. The van der Waals surface area contributed by atoms with Crippen molar-refractivity contribution in [2.45, 2.75) is 12.6 Å². The second-order valence-corrected chi connectivity index (χ2v) is 8.14. The number of nitrogens with one attached hydrogen (secondary N) is 3. The summed E-state index contributed by atoms with van der Waals surface area (Å²) in [6, 6.07) is 18.5. The van der Waals surface area contributed by atoms with Gasteiger partial charge in [-0.05, 0) is 42.5 Å². The summed E-state index contributed by atoms with van der Waals surface area (Å²) in [5.41, 5.74) is 0.348. The number of H-pyrrole nitrogens is 2. The number of alkyl halides is 3. The van der Waals surface area contributed by atoms with Gasteiger partial charge in [0, 0.05) is 41.6 Å². The van der Waals surface area contributed by atoms with Crippen LogP contribution < -0.4 is 10.9 Å². The minimum Gasteiger partial charge on any atom is -0.329 e. The van der Waals surface area contributed by atoms with Gasteiger partial charge in [0.05, 0.1) is 22.6 Å². The highest BCUT2D eigenvalue weighted by Crippen LogP contribution is 2.37. The summed E-state index contributed by atoms with van der Waals surface area (Å²) in [4.78, 5) is 27.9. The SMILES string of the molecule is O=C(Nc1cc(Cc2ccc[nH]c2=O)nn1-c1ccccc1)c1ccc(C(F)(F)F)c(-c2cc[nH]n2)c1. The first-order valence-corrected chi connectivity index (χ1v) is 11.1. The summed E-state index contributed by atoms with van der Waals surface area (Å²) >= 11 is 0. The van der Waals surface area contributed by atoms with Crippen molar-refractivity contribution in [3.05, 3.63) is 118 Å². The molecule has 0 saturated carbocycles. The van der Waals surface area contributed by atoms with Crippen LogP contribution in [-0.4, -0.2) is 30.9 Å². The maximum atomic E-state index is 13.6. The van der Waals surface area contributed by atoms with Crippen LogP contribution in [0, 0.1) is 0 Å². The molecule has 0 fully saturated rings. The Morgan fingerprint density at radius 2 is 1.78 bits per heavy atom. The lowest BCUT2D eigenvalue weighted by Crippen LogP contribution is -2.16. The molecule has 0 aliphatic rings. The van der Waals surface area contributed by atoms with Crippen LogP contribution in [0.1, 0.15) is 27.2 Å². The monoisotopic (exact) mass is 504 g/mol. The van der Waals surface area contributed by atoms with Crippen LogP contribution in [0.4, 0.5) is 19.0 Å². The summed E-state index contributed by atoms with van der Waals surface area (Å²) < 4.78 is 42.3. The van der Waals surface area contributed by atoms with Crippen LogP contribution in [0.25, 0.3) is 16.9 Å². The first-order valence-electron chi connectivity index (χ1n) is 11.1. The maximum Gasteiger partial charge on any atom is 0.417 e. The molecule has 3 heterocycles. The summed E-state index contributed by atoms with van der Waals surface area (Å²) in [6.07, 6.45) is -1.48. The lowest BCUT2D eigenvalue weighted by molar-refractivity contribution is -0.137. The molecule has 11 heteroatoms. The minimum absolute atomic E-state index is 0.00728. The fourth-order valence-corrected chi connectivity index (χ4v) is 3.91. The van der Waals surface area contributed by atoms with Crippen LogP contribution in [0.5, 0.6) is 0 Å². The van der Waals surface area contributed by atoms with Gasteiger partial charge in [-0.3, -0.25) is 14.7 Å². The number of benzene rings is 2. The number of pyridine rings is 1. The van der Waals surface area contributed by atoms with Gasteiger partial charge in [-0.25, -0.2) is 4.68 Å². The number of para-hydroxylation sites is 1. The van der Waals surface area contributed by atoms with Gasteiger partial charge >= 0.3 is 6.18 Å². The van der Waals surface area contributed by atoms with Gasteiger partial charge in [0.25, 0.3) is 11.5 Å². The van der Waals surface area contributed by atoms with E-state index in [1.54, 1.807) is 42.5 Å². The predicted octanol–water partition coefficient (Wildman–Crippen LogP) is 4.81. The van der Waals surface area contributed by atoms with Gasteiger partial charge in [-0.15, -0.1) is 0 Å². The van der Waals surface area contributed by atoms with E-state index in [0.29, 0.717) is 22.8 Å². The zero-order chi connectivity index (χ0) is 26.0. The molecular formula is C26H19F3N6O2. The summed E-state index contributed by atoms with van der Waals surface area (Å²) in [7, 11) is 0. The van der Waals surface area contributed by atoms with Crippen molar-refractivity contribution in [1.82, 2.24) is 25.0 Å².